The Hall–Kier alpha value is -1.01. The number of nitrogens with zero attached hydrogens (tertiary/aromatic N) is 2. The molecule has 96 valence electrons. The first-order valence-corrected chi connectivity index (χ1v) is 6.94. The number of benzene rings is 1. The van der Waals surface area contributed by atoms with Gasteiger partial charge in [-0.25, -0.2) is 0 Å². The van der Waals surface area contributed by atoms with Crippen molar-refractivity contribution in [2.75, 3.05) is 12.4 Å². The minimum atomic E-state index is 0.671. The van der Waals surface area contributed by atoms with Gasteiger partial charge in [0.25, 0.3) is 0 Å². The summed E-state index contributed by atoms with van der Waals surface area (Å²) in [6.07, 6.45) is 1.92. The van der Waals surface area contributed by atoms with E-state index in [2.05, 4.69) is 42.3 Å². The maximum absolute atomic E-state index is 5.27. The molecule has 0 radical (unpaired) electrons. The van der Waals surface area contributed by atoms with Crippen LogP contribution in [0.2, 0.25) is 0 Å². The van der Waals surface area contributed by atoms with Crippen LogP contribution in [0, 0.1) is 0 Å². The fourth-order valence-corrected chi connectivity index (χ4v) is 2.86. The van der Waals surface area contributed by atoms with Crippen molar-refractivity contribution >= 4 is 37.5 Å². The molecule has 0 spiro atoms. The van der Waals surface area contributed by atoms with Gasteiger partial charge in [0.15, 0.2) is 0 Å². The summed E-state index contributed by atoms with van der Waals surface area (Å²) in [5.41, 5.74) is 1.96. The highest BCUT2D eigenvalue weighted by Gasteiger charge is 2.07. The lowest BCUT2D eigenvalue weighted by Crippen LogP contribution is -2.02. The van der Waals surface area contributed by atoms with Crippen molar-refractivity contribution in [3.63, 3.8) is 0 Å². The predicted octanol–water partition coefficient (Wildman–Crippen LogP) is 3.57. The molecular weight excluding hydrogens is 362 g/mol. The number of anilines is 1. The highest BCUT2D eigenvalue weighted by molar-refractivity contribution is 9.11. The minimum Gasteiger partial charge on any atom is -0.495 e. The first-order chi connectivity index (χ1) is 8.60. The van der Waals surface area contributed by atoms with E-state index in [1.807, 2.05) is 31.4 Å². The van der Waals surface area contributed by atoms with Gasteiger partial charge in [0.05, 0.1) is 29.5 Å². The number of methoxy groups -OCH3 is 1. The van der Waals surface area contributed by atoms with Crippen LogP contribution in [-0.4, -0.2) is 16.9 Å². The molecule has 0 aliphatic rings. The number of nitrogens with one attached hydrogen (secondary N) is 1. The van der Waals surface area contributed by atoms with Crippen LogP contribution < -0.4 is 10.1 Å². The molecule has 1 aromatic heterocycles. The van der Waals surface area contributed by atoms with E-state index in [4.69, 9.17) is 4.74 Å². The number of rotatable bonds is 4. The van der Waals surface area contributed by atoms with Crippen molar-refractivity contribution in [1.82, 2.24) is 9.78 Å². The van der Waals surface area contributed by atoms with Crippen molar-refractivity contribution in [2.24, 2.45) is 7.05 Å². The van der Waals surface area contributed by atoms with Crippen LogP contribution in [-0.2, 0) is 13.6 Å². The molecule has 0 aliphatic carbocycles. The monoisotopic (exact) mass is 373 g/mol. The third-order valence-corrected chi connectivity index (χ3v) is 3.75. The second-order valence-corrected chi connectivity index (χ2v) is 5.51. The Balaban J connectivity index is 2.13. The Labute approximate surface area is 123 Å². The van der Waals surface area contributed by atoms with Crippen molar-refractivity contribution in [3.8, 4) is 5.75 Å². The van der Waals surface area contributed by atoms with Gasteiger partial charge in [-0.05, 0) is 44.0 Å². The fraction of sp³-hybridized carbons (Fsp3) is 0.250. The maximum atomic E-state index is 5.27. The summed E-state index contributed by atoms with van der Waals surface area (Å²) in [5.74, 6) is 0.793. The molecule has 0 amide bonds. The lowest BCUT2D eigenvalue weighted by Gasteiger charge is -2.11. The number of aromatic nitrogens is 2. The Morgan fingerprint density at radius 1 is 1.33 bits per heavy atom. The van der Waals surface area contributed by atoms with Crippen molar-refractivity contribution in [1.29, 1.82) is 0 Å². The number of hydrogen-bond donors (Lipinski definition) is 1. The zero-order chi connectivity index (χ0) is 13.1. The molecule has 0 atom stereocenters. The second kappa shape index (κ2) is 5.75. The van der Waals surface area contributed by atoms with E-state index in [0.29, 0.717) is 6.54 Å². The van der Waals surface area contributed by atoms with Gasteiger partial charge in [-0.1, -0.05) is 0 Å². The Morgan fingerprint density at radius 3 is 2.72 bits per heavy atom. The molecule has 0 saturated carbocycles. The molecule has 1 heterocycles. The molecule has 0 unspecified atom stereocenters. The second-order valence-electron chi connectivity index (χ2n) is 3.80. The van der Waals surface area contributed by atoms with Gasteiger partial charge in [0, 0.05) is 23.8 Å². The van der Waals surface area contributed by atoms with Crippen LogP contribution in [0.15, 0.2) is 33.3 Å². The lowest BCUT2D eigenvalue weighted by molar-refractivity contribution is 0.412. The van der Waals surface area contributed by atoms with E-state index in [9.17, 15) is 0 Å². The van der Waals surface area contributed by atoms with Gasteiger partial charge < -0.3 is 10.1 Å². The van der Waals surface area contributed by atoms with Gasteiger partial charge >= 0.3 is 0 Å². The van der Waals surface area contributed by atoms with Gasteiger partial charge in [0.2, 0.25) is 0 Å². The highest BCUT2D eigenvalue weighted by atomic mass is 79.9. The van der Waals surface area contributed by atoms with E-state index in [-0.39, 0.29) is 0 Å². The van der Waals surface area contributed by atoms with Crippen molar-refractivity contribution in [2.45, 2.75) is 6.54 Å². The Morgan fingerprint density at radius 2 is 2.11 bits per heavy atom. The summed E-state index contributed by atoms with van der Waals surface area (Å²) in [6, 6.07) is 5.88. The molecule has 1 aromatic carbocycles. The van der Waals surface area contributed by atoms with E-state index >= 15 is 0 Å². The van der Waals surface area contributed by atoms with E-state index in [0.717, 1.165) is 26.1 Å². The molecule has 18 heavy (non-hydrogen) atoms. The summed E-state index contributed by atoms with van der Waals surface area (Å²) < 4.78 is 8.95. The summed E-state index contributed by atoms with van der Waals surface area (Å²) in [4.78, 5) is 0. The quantitative estimate of drug-likeness (QED) is 0.889. The smallest absolute Gasteiger partial charge is 0.135 e. The average Bonchev–Trinajstić information content (AvgIpc) is 2.74. The summed E-state index contributed by atoms with van der Waals surface area (Å²) in [6.45, 7) is 0.671. The first kappa shape index (κ1) is 13.4. The zero-order valence-electron chi connectivity index (χ0n) is 10.1. The largest absolute Gasteiger partial charge is 0.495 e. The number of ether oxygens (including phenoxy) is 1. The summed E-state index contributed by atoms with van der Waals surface area (Å²) in [5, 5.41) is 7.63. The number of hydrogen-bond acceptors (Lipinski definition) is 3. The van der Waals surface area contributed by atoms with Crippen LogP contribution in [0.3, 0.4) is 0 Å². The summed E-state index contributed by atoms with van der Waals surface area (Å²) in [7, 11) is 3.55. The van der Waals surface area contributed by atoms with E-state index in [1.54, 1.807) is 11.8 Å². The molecule has 2 aromatic rings. The maximum Gasteiger partial charge on any atom is 0.135 e. The molecule has 4 nitrogen and oxygen atoms in total. The molecule has 0 bridgehead atoms. The molecule has 0 saturated heterocycles. The SMILES string of the molecule is COc1cc(NCc2ccn(C)n2)c(Br)cc1Br. The fourth-order valence-electron chi connectivity index (χ4n) is 1.56. The number of aryl methyl sites for hydroxylation is 1. The van der Waals surface area contributed by atoms with Crippen LogP contribution in [0.25, 0.3) is 0 Å². The van der Waals surface area contributed by atoms with Crippen LogP contribution in [0.4, 0.5) is 5.69 Å². The van der Waals surface area contributed by atoms with Gasteiger partial charge in [-0.3, -0.25) is 4.68 Å². The van der Waals surface area contributed by atoms with Crippen molar-refractivity contribution < 1.29 is 4.74 Å². The minimum absolute atomic E-state index is 0.671. The molecule has 6 heteroatoms. The molecule has 0 aliphatic heterocycles. The first-order valence-electron chi connectivity index (χ1n) is 5.35. The van der Waals surface area contributed by atoms with Crippen LogP contribution >= 0.6 is 31.9 Å². The van der Waals surface area contributed by atoms with Gasteiger partial charge in [0.1, 0.15) is 5.75 Å². The molecular formula is C12H13Br2N3O. The Bertz CT molecular complexity index is 554. The van der Waals surface area contributed by atoms with E-state index < -0.39 is 0 Å². The molecule has 1 N–H and O–H groups in total. The third kappa shape index (κ3) is 3.05. The van der Waals surface area contributed by atoms with Crippen molar-refractivity contribution in [3.05, 3.63) is 39.0 Å². The van der Waals surface area contributed by atoms with E-state index in [1.165, 1.54) is 0 Å². The summed E-state index contributed by atoms with van der Waals surface area (Å²) >= 11 is 6.96. The molecule has 2 rings (SSSR count). The van der Waals surface area contributed by atoms with Crippen LogP contribution in [0.5, 0.6) is 5.75 Å². The number of halogens is 2. The normalized spacial score (nSPS) is 10.4. The zero-order valence-corrected chi connectivity index (χ0v) is 13.2. The van der Waals surface area contributed by atoms with Gasteiger partial charge in [-0.15, -0.1) is 0 Å². The van der Waals surface area contributed by atoms with Gasteiger partial charge in [-0.2, -0.15) is 5.10 Å². The topological polar surface area (TPSA) is 39.1 Å². The highest BCUT2D eigenvalue weighted by Crippen LogP contribution is 2.34. The van der Waals surface area contributed by atoms with Crippen LogP contribution in [0.1, 0.15) is 5.69 Å². The third-order valence-electron chi connectivity index (χ3n) is 2.47. The predicted molar refractivity (Wildman–Crippen MR) is 78.9 cm³/mol. The standard InChI is InChI=1S/C12H13Br2N3O/c1-17-4-3-8(16-17)7-15-11-6-12(18-2)10(14)5-9(11)13/h3-6,15H,7H2,1-2H3. The Kier molecular flexibility index (Phi) is 4.29. The average molecular weight is 375 g/mol. The lowest BCUT2D eigenvalue weighted by atomic mass is 10.3. The molecule has 0 fully saturated rings.